The molecule has 0 bridgehead atoms. The predicted molar refractivity (Wildman–Crippen MR) is 164 cm³/mol. The lowest BCUT2D eigenvalue weighted by Gasteiger charge is -2.34. The number of sulfonamides is 1. The number of rotatable bonds is 11. The molecule has 0 saturated heterocycles. The summed E-state index contributed by atoms with van der Waals surface area (Å²) in [6.45, 7) is 2.26. The van der Waals surface area contributed by atoms with Gasteiger partial charge in [-0.1, -0.05) is 74.7 Å². The molecule has 1 aliphatic carbocycles. The van der Waals surface area contributed by atoms with E-state index in [0.29, 0.717) is 31.1 Å². The molecule has 0 aromatic heterocycles. The van der Waals surface area contributed by atoms with E-state index in [1.807, 2.05) is 37.3 Å². The number of carbonyl (C=O) groups excluding carboxylic acids is 2. The fourth-order valence-electron chi connectivity index (χ4n) is 5.68. The van der Waals surface area contributed by atoms with Crippen molar-refractivity contribution < 1.29 is 27.5 Å². The van der Waals surface area contributed by atoms with Gasteiger partial charge in [0, 0.05) is 18.7 Å². The monoisotopic (exact) mass is 605 g/mol. The molecule has 228 valence electrons. The summed E-state index contributed by atoms with van der Waals surface area (Å²) in [4.78, 5) is 29.5. The number of anilines is 1. The number of nitrogens with one attached hydrogen (secondary N) is 1. The van der Waals surface area contributed by atoms with Gasteiger partial charge in [0.2, 0.25) is 11.8 Å². The first-order chi connectivity index (χ1) is 20.9. The molecule has 5 rings (SSSR count). The number of benzene rings is 3. The van der Waals surface area contributed by atoms with Crippen molar-refractivity contribution in [2.75, 3.05) is 24.1 Å². The van der Waals surface area contributed by atoms with E-state index in [2.05, 4.69) is 5.32 Å². The molecule has 1 heterocycles. The van der Waals surface area contributed by atoms with Gasteiger partial charge in [-0.05, 0) is 49.1 Å². The Hall–Kier alpha value is -4.05. The van der Waals surface area contributed by atoms with Crippen LogP contribution in [0.3, 0.4) is 0 Å². The molecule has 0 unspecified atom stereocenters. The first-order valence-electron chi connectivity index (χ1n) is 15.0. The van der Waals surface area contributed by atoms with Gasteiger partial charge in [0.15, 0.2) is 11.5 Å². The van der Waals surface area contributed by atoms with Crippen LogP contribution in [0.1, 0.15) is 51.0 Å². The van der Waals surface area contributed by atoms with Gasteiger partial charge < -0.3 is 19.7 Å². The fraction of sp³-hybridized carbons (Fsp3) is 0.394. The smallest absolute Gasteiger partial charge is 0.264 e. The first-order valence-corrected chi connectivity index (χ1v) is 16.4. The maximum atomic E-state index is 14.3. The molecule has 9 nitrogen and oxygen atoms in total. The minimum Gasteiger partial charge on any atom is -0.486 e. The summed E-state index contributed by atoms with van der Waals surface area (Å²) in [7, 11) is -4.17. The van der Waals surface area contributed by atoms with Crippen LogP contribution in [0, 0.1) is 0 Å². The summed E-state index contributed by atoms with van der Waals surface area (Å²) in [5.41, 5.74) is 1.11. The Labute approximate surface area is 253 Å². The van der Waals surface area contributed by atoms with Crippen molar-refractivity contribution in [3.8, 4) is 11.5 Å². The Bertz CT molecular complexity index is 1490. The second kappa shape index (κ2) is 13.9. The van der Waals surface area contributed by atoms with Crippen LogP contribution in [0.15, 0.2) is 83.8 Å². The van der Waals surface area contributed by atoms with Crippen LogP contribution in [-0.2, 0) is 26.2 Å². The molecule has 1 N–H and O–H groups in total. The zero-order valence-corrected chi connectivity index (χ0v) is 25.3. The molecule has 0 radical (unpaired) electrons. The van der Waals surface area contributed by atoms with Crippen molar-refractivity contribution in [3.05, 3.63) is 84.4 Å². The van der Waals surface area contributed by atoms with Crippen molar-refractivity contribution in [1.82, 2.24) is 10.2 Å². The second-order valence-corrected chi connectivity index (χ2v) is 12.8. The van der Waals surface area contributed by atoms with Crippen molar-refractivity contribution in [1.29, 1.82) is 0 Å². The van der Waals surface area contributed by atoms with E-state index < -0.39 is 28.5 Å². The van der Waals surface area contributed by atoms with E-state index in [1.54, 1.807) is 36.4 Å². The number of ether oxygens (including phenoxy) is 2. The highest BCUT2D eigenvalue weighted by molar-refractivity contribution is 7.92. The Balaban J connectivity index is 1.49. The SMILES string of the molecule is CC[C@H](C(=O)NC1CCCCC1)N(Cc1ccccc1)C(=O)CN(c1ccc2c(c1)OCCO2)S(=O)(=O)c1ccccc1. The van der Waals surface area contributed by atoms with E-state index in [9.17, 15) is 18.0 Å². The van der Waals surface area contributed by atoms with Gasteiger partial charge in [0.1, 0.15) is 25.8 Å². The molecule has 3 aromatic rings. The molecular formula is C33H39N3O6S. The van der Waals surface area contributed by atoms with Crippen LogP contribution in [0.25, 0.3) is 0 Å². The van der Waals surface area contributed by atoms with Gasteiger partial charge >= 0.3 is 0 Å². The summed E-state index contributed by atoms with van der Waals surface area (Å²) in [5, 5.41) is 3.17. The number of amides is 2. The van der Waals surface area contributed by atoms with Crippen molar-refractivity contribution >= 4 is 27.5 Å². The molecule has 43 heavy (non-hydrogen) atoms. The van der Waals surface area contributed by atoms with Gasteiger partial charge in [0.25, 0.3) is 10.0 Å². The molecule has 2 aliphatic rings. The van der Waals surface area contributed by atoms with Gasteiger partial charge in [-0.25, -0.2) is 8.42 Å². The molecule has 2 amide bonds. The standard InChI is InChI=1S/C33H39N3O6S/c1-2-29(33(38)34-26-14-8-4-9-15-26)35(23-25-12-6-3-7-13-25)32(37)24-36(43(39,40)28-16-10-5-11-17-28)27-18-19-30-31(22-27)42-21-20-41-30/h3,5-7,10-13,16-19,22,26,29H,2,4,8-9,14-15,20-21,23-24H2,1H3,(H,34,38)/t29-/m1/s1. The fourth-order valence-corrected chi connectivity index (χ4v) is 7.11. The normalized spacial score (nSPS) is 15.7. The second-order valence-electron chi connectivity index (χ2n) is 10.9. The van der Waals surface area contributed by atoms with E-state index in [0.717, 1.165) is 42.0 Å². The van der Waals surface area contributed by atoms with Crippen molar-refractivity contribution in [3.63, 3.8) is 0 Å². The lowest BCUT2D eigenvalue weighted by atomic mass is 9.95. The first kappa shape index (κ1) is 30.4. The van der Waals surface area contributed by atoms with Crippen LogP contribution >= 0.6 is 0 Å². The topological polar surface area (TPSA) is 105 Å². The van der Waals surface area contributed by atoms with E-state index >= 15 is 0 Å². The van der Waals surface area contributed by atoms with E-state index in [-0.39, 0.29) is 29.1 Å². The van der Waals surface area contributed by atoms with E-state index in [4.69, 9.17) is 9.47 Å². The number of hydrogen-bond acceptors (Lipinski definition) is 6. The third kappa shape index (κ3) is 7.30. The minimum atomic E-state index is -4.17. The lowest BCUT2D eigenvalue weighted by Crippen LogP contribution is -2.54. The number of hydrogen-bond donors (Lipinski definition) is 1. The Morgan fingerprint density at radius 2 is 1.53 bits per heavy atom. The predicted octanol–water partition coefficient (Wildman–Crippen LogP) is 4.91. The van der Waals surface area contributed by atoms with Crippen LogP contribution < -0.4 is 19.1 Å². The van der Waals surface area contributed by atoms with Gasteiger partial charge in [-0.3, -0.25) is 13.9 Å². The Morgan fingerprint density at radius 3 is 2.21 bits per heavy atom. The summed E-state index contributed by atoms with van der Waals surface area (Å²) in [5.74, 6) is 0.220. The molecule has 1 atom stereocenters. The van der Waals surface area contributed by atoms with Crippen molar-refractivity contribution in [2.24, 2.45) is 0 Å². The average Bonchev–Trinajstić information content (AvgIpc) is 3.04. The third-order valence-electron chi connectivity index (χ3n) is 7.96. The van der Waals surface area contributed by atoms with E-state index in [1.165, 1.54) is 17.0 Å². The zero-order valence-electron chi connectivity index (χ0n) is 24.5. The highest BCUT2D eigenvalue weighted by Gasteiger charge is 2.35. The lowest BCUT2D eigenvalue weighted by molar-refractivity contribution is -0.140. The summed E-state index contributed by atoms with van der Waals surface area (Å²) in [6, 6.07) is 21.6. The third-order valence-corrected chi connectivity index (χ3v) is 9.75. The largest absolute Gasteiger partial charge is 0.486 e. The minimum absolute atomic E-state index is 0.0504. The molecular weight excluding hydrogens is 566 g/mol. The Kier molecular flexibility index (Phi) is 9.86. The molecule has 10 heteroatoms. The van der Waals surface area contributed by atoms with Crippen molar-refractivity contribution in [2.45, 2.75) is 69.0 Å². The van der Waals surface area contributed by atoms with Gasteiger partial charge in [-0.15, -0.1) is 0 Å². The summed E-state index contributed by atoms with van der Waals surface area (Å²) < 4.78 is 40.6. The number of nitrogens with zero attached hydrogens (tertiary/aromatic N) is 2. The highest BCUT2D eigenvalue weighted by Crippen LogP contribution is 2.36. The summed E-state index contributed by atoms with van der Waals surface area (Å²) in [6.07, 6.45) is 5.51. The molecule has 0 spiro atoms. The van der Waals surface area contributed by atoms with Gasteiger partial charge in [-0.2, -0.15) is 0 Å². The molecule has 1 saturated carbocycles. The molecule has 3 aromatic carbocycles. The van der Waals surface area contributed by atoms with Crippen LogP contribution in [0.5, 0.6) is 11.5 Å². The highest BCUT2D eigenvalue weighted by atomic mass is 32.2. The van der Waals surface area contributed by atoms with Gasteiger partial charge in [0.05, 0.1) is 10.6 Å². The number of fused-ring (bicyclic) bond motifs is 1. The number of carbonyl (C=O) groups is 2. The Morgan fingerprint density at radius 1 is 0.884 bits per heavy atom. The van der Waals surface area contributed by atoms with Crippen LogP contribution in [0.2, 0.25) is 0 Å². The maximum Gasteiger partial charge on any atom is 0.264 e. The quantitative estimate of drug-likeness (QED) is 0.333. The maximum absolute atomic E-state index is 14.3. The molecule has 1 fully saturated rings. The van der Waals surface area contributed by atoms with Crippen LogP contribution in [-0.4, -0.2) is 57.0 Å². The summed E-state index contributed by atoms with van der Waals surface area (Å²) >= 11 is 0. The zero-order chi connectivity index (χ0) is 30.2. The van der Waals surface area contributed by atoms with Crippen LogP contribution in [0.4, 0.5) is 5.69 Å². The average molecular weight is 606 g/mol. The molecule has 1 aliphatic heterocycles.